The minimum absolute atomic E-state index is 0.0251. The van der Waals surface area contributed by atoms with Gasteiger partial charge in [-0.3, -0.25) is 19.4 Å². The molecule has 3 N–H and O–H groups in total. The van der Waals surface area contributed by atoms with Gasteiger partial charge in [-0.1, -0.05) is 6.07 Å². The summed E-state index contributed by atoms with van der Waals surface area (Å²) in [6, 6.07) is 3.70. The number of carbonyl (C=O) groups is 3. The highest BCUT2D eigenvalue weighted by molar-refractivity contribution is 7.13. The molecule has 0 radical (unpaired) electrons. The van der Waals surface area contributed by atoms with Crippen LogP contribution < -0.4 is 16.0 Å². The van der Waals surface area contributed by atoms with Gasteiger partial charge in [0.05, 0.1) is 18.0 Å². The highest BCUT2D eigenvalue weighted by Crippen LogP contribution is 2.19. The highest BCUT2D eigenvalue weighted by Gasteiger charge is 2.25. The van der Waals surface area contributed by atoms with Gasteiger partial charge in [0.2, 0.25) is 17.7 Å². The number of anilines is 1. The lowest BCUT2D eigenvalue weighted by Crippen LogP contribution is -2.40. The molecular formula is C17H19N5O3S. The zero-order valence-electron chi connectivity index (χ0n) is 14.0. The van der Waals surface area contributed by atoms with Crippen LogP contribution in [0.3, 0.4) is 0 Å². The molecular weight excluding hydrogens is 354 g/mol. The second kappa shape index (κ2) is 8.52. The Morgan fingerprint density at radius 1 is 1.38 bits per heavy atom. The molecule has 1 saturated heterocycles. The maximum atomic E-state index is 12.2. The van der Waals surface area contributed by atoms with E-state index in [0.717, 1.165) is 5.56 Å². The molecule has 2 aromatic rings. The highest BCUT2D eigenvalue weighted by atomic mass is 32.1. The second-order valence-electron chi connectivity index (χ2n) is 5.99. The van der Waals surface area contributed by atoms with E-state index in [1.807, 2.05) is 12.1 Å². The number of carbonyl (C=O) groups excluding carboxylic acids is 3. The average Bonchev–Trinajstić information content (AvgIpc) is 3.08. The largest absolute Gasteiger partial charge is 0.355 e. The van der Waals surface area contributed by atoms with E-state index in [4.69, 9.17) is 0 Å². The van der Waals surface area contributed by atoms with Gasteiger partial charge in [0.1, 0.15) is 0 Å². The monoisotopic (exact) mass is 373 g/mol. The van der Waals surface area contributed by atoms with E-state index in [1.165, 1.54) is 11.3 Å². The molecule has 0 aromatic carbocycles. The van der Waals surface area contributed by atoms with Gasteiger partial charge in [-0.05, 0) is 18.1 Å². The smallest absolute Gasteiger partial charge is 0.231 e. The number of nitrogens with one attached hydrogen (secondary N) is 3. The number of thiazole rings is 1. The first kappa shape index (κ1) is 18.0. The predicted molar refractivity (Wildman–Crippen MR) is 96.3 cm³/mol. The molecule has 1 unspecified atom stereocenters. The van der Waals surface area contributed by atoms with E-state index in [9.17, 15) is 14.4 Å². The zero-order chi connectivity index (χ0) is 18.4. The van der Waals surface area contributed by atoms with E-state index in [-0.39, 0.29) is 30.1 Å². The van der Waals surface area contributed by atoms with Gasteiger partial charge in [-0.15, -0.1) is 11.3 Å². The summed E-state index contributed by atoms with van der Waals surface area (Å²) in [6.07, 6.45) is 4.42. The lowest BCUT2D eigenvalue weighted by atomic mass is 9.98. The normalized spacial score (nSPS) is 16.6. The van der Waals surface area contributed by atoms with Crippen LogP contribution in [-0.4, -0.2) is 34.2 Å². The Morgan fingerprint density at radius 2 is 2.27 bits per heavy atom. The van der Waals surface area contributed by atoms with E-state index in [2.05, 4.69) is 25.9 Å². The maximum absolute atomic E-state index is 12.2. The van der Waals surface area contributed by atoms with Gasteiger partial charge in [-0.2, -0.15) is 0 Å². The van der Waals surface area contributed by atoms with E-state index < -0.39 is 0 Å². The summed E-state index contributed by atoms with van der Waals surface area (Å²) >= 11 is 1.28. The Morgan fingerprint density at radius 3 is 3.00 bits per heavy atom. The van der Waals surface area contributed by atoms with Crippen LogP contribution in [0.1, 0.15) is 24.1 Å². The molecule has 3 amide bonds. The number of amides is 3. The fourth-order valence-corrected chi connectivity index (χ4v) is 3.25. The number of aromatic nitrogens is 2. The van der Waals surface area contributed by atoms with Gasteiger partial charge >= 0.3 is 0 Å². The number of rotatable bonds is 6. The molecule has 0 bridgehead atoms. The second-order valence-corrected chi connectivity index (χ2v) is 6.85. The third-order valence-electron chi connectivity index (χ3n) is 3.97. The van der Waals surface area contributed by atoms with E-state index in [0.29, 0.717) is 36.8 Å². The number of hydrogen-bond donors (Lipinski definition) is 3. The minimum atomic E-state index is -0.247. The molecule has 0 spiro atoms. The summed E-state index contributed by atoms with van der Waals surface area (Å²) in [5, 5.41) is 10.5. The van der Waals surface area contributed by atoms with E-state index >= 15 is 0 Å². The SMILES string of the molecule is O=C1CCC(C(=O)Nc2nc(CC(=O)NCc3cccnc3)cs2)CN1. The van der Waals surface area contributed by atoms with Crippen molar-refractivity contribution in [1.29, 1.82) is 0 Å². The Bertz CT molecular complexity index is 783. The van der Waals surface area contributed by atoms with Crippen molar-refractivity contribution in [2.45, 2.75) is 25.8 Å². The van der Waals surface area contributed by atoms with Crippen LogP contribution in [0.25, 0.3) is 0 Å². The van der Waals surface area contributed by atoms with Crippen LogP contribution >= 0.6 is 11.3 Å². The lowest BCUT2D eigenvalue weighted by molar-refractivity contribution is -0.126. The van der Waals surface area contributed by atoms with Crippen molar-refractivity contribution < 1.29 is 14.4 Å². The van der Waals surface area contributed by atoms with Crippen molar-refractivity contribution in [3.05, 3.63) is 41.2 Å². The molecule has 26 heavy (non-hydrogen) atoms. The van der Waals surface area contributed by atoms with Crippen molar-refractivity contribution in [2.24, 2.45) is 5.92 Å². The Kier molecular flexibility index (Phi) is 5.90. The van der Waals surface area contributed by atoms with Crippen LogP contribution in [0.2, 0.25) is 0 Å². The lowest BCUT2D eigenvalue weighted by Gasteiger charge is -2.20. The van der Waals surface area contributed by atoms with Crippen LogP contribution in [0.15, 0.2) is 29.9 Å². The summed E-state index contributed by atoms with van der Waals surface area (Å²) in [7, 11) is 0. The topological polar surface area (TPSA) is 113 Å². The van der Waals surface area contributed by atoms with Crippen molar-refractivity contribution in [3.8, 4) is 0 Å². The van der Waals surface area contributed by atoms with Crippen molar-refractivity contribution in [1.82, 2.24) is 20.6 Å². The number of nitrogens with zero attached hydrogens (tertiary/aromatic N) is 2. The third kappa shape index (κ3) is 5.09. The fraction of sp³-hybridized carbons (Fsp3) is 0.353. The minimum Gasteiger partial charge on any atom is -0.355 e. The molecule has 1 aliphatic rings. The Labute approximate surface area is 154 Å². The number of hydrogen-bond acceptors (Lipinski definition) is 6. The first-order chi connectivity index (χ1) is 12.6. The van der Waals surface area contributed by atoms with Crippen LogP contribution in [-0.2, 0) is 27.3 Å². The molecule has 1 aliphatic heterocycles. The fourth-order valence-electron chi connectivity index (χ4n) is 2.54. The number of piperidine rings is 1. The summed E-state index contributed by atoms with van der Waals surface area (Å²) in [5.41, 5.74) is 1.53. The first-order valence-corrected chi connectivity index (χ1v) is 9.15. The molecule has 8 nitrogen and oxygen atoms in total. The Balaban J connectivity index is 1.46. The van der Waals surface area contributed by atoms with Crippen LogP contribution in [0.5, 0.6) is 0 Å². The van der Waals surface area contributed by atoms with Crippen LogP contribution in [0.4, 0.5) is 5.13 Å². The summed E-state index contributed by atoms with van der Waals surface area (Å²) < 4.78 is 0. The van der Waals surface area contributed by atoms with Gasteiger partial charge in [0.25, 0.3) is 0 Å². The quantitative estimate of drug-likeness (QED) is 0.695. The van der Waals surface area contributed by atoms with Crippen molar-refractivity contribution in [3.63, 3.8) is 0 Å². The third-order valence-corrected chi connectivity index (χ3v) is 4.78. The van der Waals surface area contributed by atoms with Crippen molar-refractivity contribution in [2.75, 3.05) is 11.9 Å². The first-order valence-electron chi connectivity index (χ1n) is 8.27. The Hall–Kier alpha value is -2.81. The molecule has 0 aliphatic carbocycles. The molecule has 3 heterocycles. The van der Waals surface area contributed by atoms with E-state index in [1.54, 1.807) is 17.8 Å². The van der Waals surface area contributed by atoms with Gasteiger partial charge < -0.3 is 16.0 Å². The predicted octanol–water partition coefficient (Wildman–Crippen LogP) is 0.862. The van der Waals surface area contributed by atoms with Crippen molar-refractivity contribution >= 4 is 34.2 Å². The molecule has 3 rings (SSSR count). The zero-order valence-corrected chi connectivity index (χ0v) is 14.8. The summed E-state index contributed by atoms with van der Waals surface area (Å²) in [6.45, 7) is 0.757. The maximum Gasteiger partial charge on any atom is 0.231 e. The molecule has 2 aromatic heterocycles. The van der Waals surface area contributed by atoms with Crippen LogP contribution in [0, 0.1) is 5.92 Å². The average molecular weight is 373 g/mol. The number of pyridine rings is 1. The molecule has 0 saturated carbocycles. The van der Waals surface area contributed by atoms with Gasteiger partial charge in [-0.25, -0.2) is 4.98 Å². The van der Waals surface area contributed by atoms with Gasteiger partial charge in [0, 0.05) is 37.3 Å². The molecule has 9 heteroatoms. The standard InChI is InChI=1S/C17H19N5O3S/c23-14-4-3-12(9-20-14)16(25)22-17-21-13(10-26-17)6-15(24)19-8-11-2-1-5-18-7-11/h1-2,5,7,10,12H,3-4,6,8-9H2,(H,19,24)(H,20,23)(H,21,22,25). The molecule has 136 valence electrons. The molecule has 1 fully saturated rings. The molecule has 1 atom stereocenters. The van der Waals surface area contributed by atoms with Gasteiger partial charge in [0.15, 0.2) is 5.13 Å². The summed E-state index contributed by atoms with van der Waals surface area (Å²) in [5.74, 6) is -0.579. The summed E-state index contributed by atoms with van der Waals surface area (Å²) in [4.78, 5) is 43.6.